The Kier molecular flexibility index (Phi) is 4.05. The minimum absolute atomic E-state index is 0.0613. The van der Waals surface area contributed by atoms with Gasteiger partial charge in [-0.1, -0.05) is 18.3 Å². The van der Waals surface area contributed by atoms with E-state index >= 15 is 0 Å². The molecule has 0 saturated heterocycles. The highest BCUT2D eigenvalue weighted by molar-refractivity contribution is 7.93. The van der Waals surface area contributed by atoms with Crippen molar-refractivity contribution >= 4 is 32.9 Å². The van der Waals surface area contributed by atoms with Crippen molar-refractivity contribution in [3.63, 3.8) is 0 Å². The lowest BCUT2D eigenvalue weighted by atomic mass is 10.2. The van der Waals surface area contributed by atoms with E-state index < -0.39 is 21.1 Å². The van der Waals surface area contributed by atoms with Gasteiger partial charge in [0.2, 0.25) is 10.0 Å². The normalized spacial score (nSPS) is 11.5. The summed E-state index contributed by atoms with van der Waals surface area (Å²) in [4.78, 5) is -0.190. The first-order chi connectivity index (χ1) is 7.75. The van der Waals surface area contributed by atoms with Crippen LogP contribution in [0.1, 0.15) is 19.4 Å². The Hall–Kier alpha value is -1.21. The minimum Gasteiger partial charge on any atom is -0.389 e. The van der Waals surface area contributed by atoms with E-state index in [0.717, 1.165) is 0 Å². The average molecular weight is 276 g/mol. The summed E-state index contributed by atoms with van der Waals surface area (Å²) in [6, 6.07) is 3.97. The summed E-state index contributed by atoms with van der Waals surface area (Å²) in [5.74, 6) is -0.651. The van der Waals surface area contributed by atoms with E-state index in [2.05, 4.69) is 4.72 Å². The number of nitrogens with two attached hydrogens (primary N) is 1. The number of benzene rings is 1. The number of thiocarbonyl (C=S) groups is 1. The van der Waals surface area contributed by atoms with Gasteiger partial charge in [-0.2, -0.15) is 0 Å². The zero-order valence-corrected chi connectivity index (χ0v) is 11.0. The fourth-order valence-corrected chi connectivity index (χ4v) is 2.05. The maximum atomic E-state index is 13.5. The highest BCUT2D eigenvalue weighted by Crippen LogP contribution is 2.21. The SMILES string of the molecule is CC(C)S(=O)(=O)Nc1cccc(F)c1C(N)=S. The van der Waals surface area contributed by atoms with Gasteiger partial charge < -0.3 is 5.73 Å². The summed E-state index contributed by atoms with van der Waals surface area (Å²) in [5, 5.41) is -0.634. The van der Waals surface area contributed by atoms with Gasteiger partial charge in [0.15, 0.2) is 0 Å². The van der Waals surface area contributed by atoms with Gasteiger partial charge in [0, 0.05) is 0 Å². The molecule has 0 spiro atoms. The molecule has 3 N–H and O–H groups in total. The molecule has 0 aliphatic carbocycles. The minimum atomic E-state index is -3.56. The Morgan fingerprint density at radius 1 is 1.47 bits per heavy atom. The molecule has 0 aliphatic rings. The first kappa shape index (κ1) is 13.9. The molecular formula is C10H13FN2O2S2. The van der Waals surface area contributed by atoms with Crippen molar-refractivity contribution in [1.82, 2.24) is 0 Å². The predicted molar refractivity (Wildman–Crippen MR) is 70.0 cm³/mol. The second-order valence-electron chi connectivity index (χ2n) is 3.72. The lowest BCUT2D eigenvalue weighted by molar-refractivity contribution is 0.592. The number of hydrogen-bond acceptors (Lipinski definition) is 3. The van der Waals surface area contributed by atoms with E-state index in [0.29, 0.717) is 0 Å². The lowest BCUT2D eigenvalue weighted by Gasteiger charge is -2.14. The van der Waals surface area contributed by atoms with Gasteiger partial charge in [-0.15, -0.1) is 0 Å². The third kappa shape index (κ3) is 3.13. The van der Waals surface area contributed by atoms with Crippen LogP contribution in [0.15, 0.2) is 18.2 Å². The number of anilines is 1. The molecule has 0 radical (unpaired) electrons. The third-order valence-electron chi connectivity index (χ3n) is 2.13. The van der Waals surface area contributed by atoms with Crippen LogP contribution in [0.5, 0.6) is 0 Å². The highest BCUT2D eigenvalue weighted by atomic mass is 32.2. The van der Waals surface area contributed by atoms with E-state index in [-0.39, 0.29) is 16.2 Å². The smallest absolute Gasteiger partial charge is 0.235 e. The first-order valence-corrected chi connectivity index (χ1v) is 6.81. The molecule has 1 aromatic carbocycles. The Bertz CT molecular complexity index is 541. The molecule has 0 bridgehead atoms. The molecule has 17 heavy (non-hydrogen) atoms. The highest BCUT2D eigenvalue weighted by Gasteiger charge is 2.19. The van der Waals surface area contributed by atoms with Gasteiger partial charge in [-0.3, -0.25) is 4.72 Å². The Labute approximate surface area is 105 Å². The van der Waals surface area contributed by atoms with Crippen molar-refractivity contribution in [1.29, 1.82) is 0 Å². The molecular weight excluding hydrogens is 263 g/mol. The number of nitrogens with one attached hydrogen (secondary N) is 1. The largest absolute Gasteiger partial charge is 0.389 e. The Morgan fingerprint density at radius 3 is 2.53 bits per heavy atom. The fraction of sp³-hybridized carbons (Fsp3) is 0.300. The lowest BCUT2D eigenvalue weighted by Crippen LogP contribution is -2.25. The van der Waals surface area contributed by atoms with Gasteiger partial charge in [-0.25, -0.2) is 12.8 Å². The summed E-state index contributed by atoms with van der Waals surface area (Å²) in [6.45, 7) is 3.03. The molecule has 0 unspecified atom stereocenters. The van der Waals surface area contributed by atoms with E-state index in [1.54, 1.807) is 0 Å². The van der Waals surface area contributed by atoms with E-state index in [1.165, 1.54) is 32.0 Å². The van der Waals surface area contributed by atoms with Crippen LogP contribution in [-0.4, -0.2) is 18.7 Å². The fourth-order valence-electron chi connectivity index (χ4n) is 1.13. The number of hydrogen-bond donors (Lipinski definition) is 2. The van der Waals surface area contributed by atoms with Gasteiger partial charge in [0.05, 0.1) is 16.5 Å². The topological polar surface area (TPSA) is 72.2 Å². The molecule has 0 heterocycles. The molecule has 4 nitrogen and oxygen atoms in total. The Morgan fingerprint density at radius 2 is 2.06 bits per heavy atom. The van der Waals surface area contributed by atoms with Crippen LogP contribution >= 0.6 is 12.2 Å². The van der Waals surface area contributed by atoms with Gasteiger partial charge in [0.25, 0.3) is 0 Å². The summed E-state index contributed by atoms with van der Waals surface area (Å²) in [7, 11) is -3.56. The van der Waals surface area contributed by atoms with Crippen molar-refractivity contribution < 1.29 is 12.8 Å². The maximum absolute atomic E-state index is 13.5. The zero-order valence-electron chi connectivity index (χ0n) is 9.40. The number of rotatable bonds is 4. The average Bonchev–Trinajstić information content (AvgIpc) is 2.15. The van der Waals surface area contributed by atoms with Gasteiger partial charge in [-0.05, 0) is 26.0 Å². The second-order valence-corrected chi connectivity index (χ2v) is 6.40. The predicted octanol–water partition coefficient (Wildman–Crippen LogP) is 1.61. The van der Waals surface area contributed by atoms with Crippen LogP contribution in [0.2, 0.25) is 0 Å². The molecule has 0 amide bonds. The molecule has 0 saturated carbocycles. The van der Waals surface area contributed by atoms with Crippen LogP contribution in [-0.2, 0) is 10.0 Å². The first-order valence-electron chi connectivity index (χ1n) is 4.85. The molecule has 1 rings (SSSR count). The van der Waals surface area contributed by atoms with Crippen LogP contribution in [0, 0.1) is 5.82 Å². The van der Waals surface area contributed by atoms with Crippen LogP contribution in [0.3, 0.4) is 0 Å². The molecule has 0 fully saturated rings. The molecule has 7 heteroatoms. The van der Waals surface area contributed by atoms with Crippen LogP contribution in [0.4, 0.5) is 10.1 Å². The molecule has 0 atom stereocenters. The zero-order chi connectivity index (χ0) is 13.2. The van der Waals surface area contributed by atoms with Crippen molar-refractivity contribution in [2.45, 2.75) is 19.1 Å². The van der Waals surface area contributed by atoms with Crippen molar-refractivity contribution in [3.8, 4) is 0 Å². The maximum Gasteiger partial charge on any atom is 0.235 e. The van der Waals surface area contributed by atoms with Crippen LogP contribution < -0.4 is 10.5 Å². The standard InChI is InChI=1S/C10H13FN2O2S2/c1-6(2)17(14,15)13-8-5-3-4-7(11)9(8)10(12)16/h3-6,13H,1-2H3,(H2,12,16). The van der Waals surface area contributed by atoms with Crippen molar-refractivity contribution in [2.24, 2.45) is 5.73 Å². The quantitative estimate of drug-likeness (QED) is 0.820. The van der Waals surface area contributed by atoms with Crippen molar-refractivity contribution in [2.75, 3.05) is 4.72 Å². The number of sulfonamides is 1. The molecule has 0 aliphatic heterocycles. The summed E-state index contributed by atoms with van der Waals surface area (Å²) in [5.41, 5.74) is 5.34. The summed E-state index contributed by atoms with van der Waals surface area (Å²) in [6.07, 6.45) is 0. The summed E-state index contributed by atoms with van der Waals surface area (Å²) >= 11 is 4.69. The molecule has 0 aromatic heterocycles. The number of halogens is 1. The van der Waals surface area contributed by atoms with Gasteiger partial charge >= 0.3 is 0 Å². The van der Waals surface area contributed by atoms with Gasteiger partial charge in [0.1, 0.15) is 10.8 Å². The van der Waals surface area contributed by atoms with Crippen LogP contribution in [0.25, 0.3) is 0 Å². The van der Waals surface area contributed by atoms with E-state index in [9.17, 15) is 12.8 Å². The third-order valence-corrected chi connectivity index (χ3v) is 4.08. The molecule has 1 aromatic rings. The molecule has 94 valence electrons. The van der Waals surface area contributed by atoms with E-state index in [4.69, 9.17) is 18.0 Å². The summed E-state index contributed by atoms with van der Waals surface area (Å²) < 4.78 is 39.1. The Balaban J connectivity index is 3.25. The monoisotopic (exact) mass is 276 g/mol. The van der Waals surface area contributed by atoms with Crippen molar-refractivity contribution in [3.05, 3.63) is 29.6 Å². The van der Waals surface area contributed by atoms with E-state index in [1.807, 2.05) is 0 Å². The second kappa shape index (κ2) is 4.97.